The Kier molecular flexibility index (Phi) is 5.02. The van der Waals surface area contributed by atoms with Crippen LogP contribution in [-0.2, 0) is 9.59 Å². The van der Waals surface area contributed by atoms with E-state index >= 15 is 0 Å². The SMILES string of the molecule is CC1CCC(NC(=O)CN2CCC(C)C2C(=O)O)CC1. The third-order valence-corrected chi connectivity index (χ3v) is 4.78. The zero-order chi connectivity index (χ0) is 14.7. The molecule has 1 saturated heterocycles. The van der Waals surface area contributed by atoms with Gasteiger partial charge in [-0.1, -0.05) is 13.8 Å². The summed E-state index contributed by atoms with van der Waals surface area (Å²) in [5, 5.41) is 12.3. The molecule has 2 aliphatic rings. The predicted octanol–water partition coefficient (Wildman–Crippen LogP) is 1.48. The molecule has 0 spiro atoms. The van der Waals surface area contributed by atoms with Gasteiger partial charge in [-0.05, 0) is 50.5 Å². The van der Waals surface area contributed by atoms with Gasteiger partial charge in [0.15, 0.2) is 0 Å². The van der Waals surface area contributed by atoms with Gasteiger partial charge in [0, 0.05) is 6.04 Å². The second-order valence-corrected chi connectivity index (χ2v) is 6.54. The van der Waals surface area contributed by atoms with Crippen molar-refractivity contribution in [2.45, 2.75) is 58.0 Å². The van der Waals surface area contributed by atoms with E-state index in [9.17, 15) is 14.7 Å². The van der Waals surface area contributed by atoms with Crippen molar-refractivity contribution in [1.29, 1.82) is 0 Å². The Balaban J connectivity index is 1.81. The van der Waals surface area contributed by atoms with Gasteiger partial charge in [0.1, 0.15) is 6.04 Å². The van der Waals surface area contributed by atoms with Crippen molar-refractivity contribution in [2.24, 2.45) is 11.8 Å². The monoisotopic (exact) mass is 282 g/mol. The predicted molar refractivity (Wildman–Crippen MR) is 76.3 cm³/mol. The molecule has 0 aromatic rings. The minimum Gasteiger partial charge on any atom is -0.480 e. The van der Waals surface area contributed by atoms with E-state index in [1.165, 1.54) is 12.8 Å². The molecule has 2 N–H and O–H groups in total. The molecule has 1 amide bonds. The third kappa shape index (κ3) is 3.72. The van der Waals surface area contributed by atoms with E-state index in [-0.39, 0.29) is 24.4 Å². The summed E-state index contributed by atoms with van der Waals surface area (Å²) in [7, 11) is 0. The lowest BCUT2D eigenvalue weighted by Crippen LogP contribution is -2.47. The Bertz CT molecular complexity index is 364. The van der Waals surface area contributed by atoms with Crippen molar-refractivity contribution < 1.29 is 14.7 Å². The number of hydrogen-bond donors (Lipinski definition) is 2. The average Bonchev–Trinajstić information content (AvgIpc) is 2.73. The second-order valence-electron chi connectivity index (χ2n) is 6.54. The van der Waals surface area contributed by atoms with Gasteiger partial charge in [0.05, 0.1) is 6.54 Å². The number of amides is 1. The second kappa shape index (κ2) is 6.57. The first-order chi connectivity index (χ1) is 9.47. The van der Waals surface area contributed by atoms with E-state index in [4.69, 9.17) is 0 Å². The van der Waals surface area contributed by atoms with Gasteiger partial charge in [-0.25, -0.2) is 0 Å². The van der Waals surface area contributed by atoms with Crippen LogP contribution >= 0.6 is 0 Å². The van der Waals surface area contributed by atoms with Crippen LogP contribution in [0.15, 0.2) is 0 Å². The van der Waals surface area contributed by atoms with Crippen molar-refractivity contribution >= 4 is 11.9 Å². The summed E-state index contributed by atoms with van der Waals surface area (Å²) in [5.41, 5.74) is 0. The van der Waals surface area contributed by atoms with Gasteiger partial charge >= 0.3 is 5.97 Å². The Morgan fingerprint density at radius 3 is 2.40 bits per heavy atom. The van der Waals surface area contributed by atoms with Gasteiger partial charge < -0.3 is 10.4 Å². The van der Waals surface area contributed by atoms with Gasteiger partial charge in [0.2, 0.25) is 5.91 Å². The van der Waals surface area contributed by atoms with Crippen LogP contribution in [0.4, 0.5) is 0 Å². The molecule has 1 heterocycles. The van der Waals surface area contributed by atoms with Gasteiger partial charge in [-0.3, -0.25) is 14.5 Å². The molecule has 1 aliphatic heterocycles. The lowest BCUT2D eigenvalue weighted by Gasteiger charge is -2.28. The molecule has 5 heteroatoms. The molecule has 2 fully saturated rings. The van der Waals surface area contributed by atoms with Gasteiger partial charge in [-0.2, -0.15) is 0 Å². The molecule has 0 radical (unpaired) electrons. The minimum absolute atomic E-state index is 0.0232. The first-order valence-corrected chi connectivity index (χ1v) is 7.73. The molecule has 0 bridgehead atoms. The zero-order valence-electron chi connectivity index (χ0n) is 12.5. The van der Waals surface area contributed by atoms with Crippen LogP contribution in [0.1, 0.15) is 46.0 Å². The van der Waals surface area contributed by atoms with Crippen molar-refractivity contribution in [3.05, 3.63) is 0 Å². The molecule has 2 unspecified atom stereocenters. The number of carbonyl (C=O) groups excluding carboxylic acids is 1. The van der Waals surface area contributed by atoms with Crippen LogP contribution in [0.5, 0.6) is 0 Å². The Labute approximate surface area is 120 Å². The van der Waals surface area contributed by atoms with Gasteiger partial charge in [-0.15, -0.1) is 0 Å². The molecule has 1 aliphatic carbocycles. The maximum absolute atomic E-state index is 12.1. The molecule has 1 saturated carbocycles. The number of likely N-dealkylation sites (tertiary alicyclic amines) is 1. The smallest absolute Gasteiger partial charge is 0.321 e. The molecule has 20 heavy (non-hydrogen) atoms. The summed E-state index contributed by atoms with van der Waals surface area (Å²) >= 11 is 0. The van der Waals surface area contributed by atoms with E-state index < -0.39 is 12.0 Å². The fourth-order valence-corrected chi connectivity index (χ4v) is 3.47. The fourth-order valence-electron chi connectivity index (χ4n) is 3.47. The normalized spacial score (nSPS) is 34.9. The Morgan fingerprint density at radius 2 is 1.80 bits per heavy atom. The number of carboxylic acid groups (broad SMARTS) is 1. The summed E-state index contributed by atoms with van der Waals surface area (Å²) in [6.07, 6.45) is 5.29. The van der Waals surface area contributed by atoms with Gasteiger partial charge in [0.25, 0.3) is 0 Å². The number of nitrogens with one attached hydrogen (secondary N) is 1. The summed E-state index contributed by atoms with van der Waals surface area (Å²) in [4.78, 5) is 25.1. The summed E-state index contributed by atoms with van der Waals surface area (Å²) < 4.78 is 0. The van der Waals surface area contributed by atoms with Crippen LogP contribution in [-0.4, -0.2) is 47.1 Å². The number of nitrogens with zero attached hydrogens (tertiary/aromatic N) is 1. The molecule has 114 valence electrons. The molecular formula is C15H26N2O3. The van der Waals surface area contributed by atoms with Crippen LogP contribution in [0, 0.1) is 11.8 Å². The fraction of sp³-hybridized carbons (Fsp3) is 0.867. The molecule has 2 rings (SSSR count). The zero-order valence-corrected chi connectivity index (χ0v) is 12.5. The standard InChI is InChI=1S/C15H26N2O3/c1-10-3-5-12(6-4-10)16-13(18)9-17-8-7-11(2)14(17)15(19)20/h10-12,14H,3-9H2,1-2H3,(H,16,18)(H,19,20). The lowest BCUT2D eigenvalue weighted by atomic mass is 9.87. The van der Waals surface area contributed by atoms with Crippen molar-refractivity contribution in [3.8, 4) is 0 Å². The van der Waals surface area contributed by atoms with E-state index in [1.54, 1.807) is 4.90 Å². The van der Waals surface area contributed by atoms with Crippen LogP contribution in [0.2, 0.25) is 0 Å². The topological polar surface area (TPSA) is 69.6 Å². The Morgan fingerprint density at radius 1 is 1.15 bits per heavy atom. The van der Waals surface area contributed by atoms with Crippen molar-refractivity contribution in [1.82, 2.24) is 10.2 Å². The number of rotatable bonds is 4. The Hall–Kier alpha value is -1.10. The molecular weight excluding hydrogens is 256 g/mol. The number of aliphatic carboxylic acids is 1. The van der Waals surface area contributed by atoms with E-state index in [1.807, 2.05) is 6.92 Å². The first kappa shape index (κ1) is 15.3. The highest BCUT2D eigenvalue weighted by atomic mass is 16.4. The van der Waals surface area contributed by atoms with E-state index in [0.29, 0.717) is 6.54 Å². The molecule has 0 aromatic carbocycles. The van der Waals surface area contributed by atoms with Crippen LogP contribution < -0.4 is 5.32 Å². The maximum atomic E-state index is 12.1. The molecule has 5 nitrogen and oxygen atoms in total. The summed E-state index contributed by atoms with van der Waals surface area (Å²) in [6.45, 7) is 5.11. The molecule has 2 atom stereocenters. The third-order valence-electron chi connectivity index (χ3n) is 4.78. The highest BCUT2D eigenvalue weighted by Gasteiger charge is 2.37. The minimum atomic E-state index is -0.811. The first-order valence-electron chi connectivity index (χ1n) is 7.73. The van der Waals surface area contributed by atoms with Crippen molar-refractivity contribution in [3.63, 3.8) is 0 Å². The summed E-state index contributed by atoms with van der Waals surface area (Å²) in [6, 6.07) is -0.228. The van der Waals surface area contributed by atoms with E-state index in [0.717, 1.165) is 25.2 Å². The number of carboxylic acids is 1. The maximum Gasteiger partial charge on any atom is 0.321 e. The summed E-state index contributed by atoms with van der Waals surface area (Å²) in [5.74, 6) is 0.0500. The highest BCUT2D eigenvalue weighted by Crippen LogP contribution is 2.25. The lowest BCUT2D eigenvalue weighted by molar-refractivity contribution is -0.143. The van der Waals surface area contributed by atoms with Crippen LogP contribution in [0.25, 0.3) is 0 Å². The highest BCUT2D eigenvalue weighted by molar-refractivity contribution is 5.80. The number of carbonyl (C=O) groups is 2. The van der Waals surface area contributed by atoms with E-state index in [2.05, 4.69) is 12.2 Å². The average molecular weight is 282 g/mol. The molecule has 0 aromatic heterocycles. The number of hydrogen-bond acceptors (Lipinski definition) is 3. The quantitative estimate of drug-likeness (QED) is 0.819. The van der Waals surface area contributed by atoms with Crippen molar-refractivity contribution in [2.75, 3.05) is 13.1 Å². The van der Waals surface area contributed by atoms with Crippen LogP contribution in [0.3, 0.4) is 0 Å². The largest absolute Gasteiger partial charge is 0.480 e.